The van der Waals surface area contributed by atoms with Gasteiger partial charge in [0.15, 0.2) is 5.13 Å². The van der Waals surface area contributed by atoms with Gasteiger partial charge in [0, 0.05) is 10.9 Å². The highest BCUT2D eigenvalue weighted by atomic mass is 32.1. The zero-order valence-electron chi connectivity index (χ0n) is 16.3. The Balaban J connectivity index is 1.27. The molecular formula is C22H20N4O3S. The van der Waals surface area contributed by atoms with Crippen LogP contribution in [0.1, 0.15) is 19.8 Å². The fourth-order valence-electron chi connectivity index (χ4n) is 3.91. The summed E-state index contributed by atoms with van der Waals surface area (Å²) in [5.41, 5.74) is 0.832. The molecule has 1 unspecified atom stereocenters. The molecular weight excluding hydrogens is 400 g/mol. The number of benzene rings is 2. The highest BCUT2D eigenvalue weighted by Crippen LogP contribution is 2.42. The lowest BCUT2D eigenvalue weighted by molar-refractivity contribution is -0.134. The van der Waals surface area contributed by atoms with Crippen molar-refractivity contribution in [3.63, 3.8) is 0 Å². The summed E-state index contributed by atoms with van der Waals surface area (Å²) in [6, 6.07) is 13.7. The summed E-state index contributed by atoms with van der Waals surface area (Å²) >= 11 is 1.31. The number of nitrogens with zero attached hydrogens (tertiary/aromatic N) is 2. The second-order valence-corrected chi connectivity index (χ2v) is 8.80. The van der Waals surface area contributed by atoms with E-state index in [9.17, 15) is 14.4 Å². The summed E-state index contributed by atoms with van der Waals surface area (Å²) in [5, 5.41) is 10.0. The number of aromatic nitrogens is 1. The highest BCUT2D eigenvalue weighted by Gasteiger charge is 2.56. The maximum atomic E-state index is 12.7. The average molecular weight is 420 g/mol. The molecule has 2 aromatic carbocycles. The monoisotopic (exact) mass is 420 g/mol. The van der Waals surface area contributed by atoms with Crippen molar-refractivity contribution in [2.45, 2.75) is 25.3 Å². The van der Waals surface area contributed by atoms with Crippen molar-refractivity contribution in [3.05, 3.63) is 47.8 Å². The van der Waals surface area contributed by atoms with Gasteiger partial charge >= 0.3 is 6.03 Å². The van der Waals surface area contributed by atoms with Gasteiger partial charge in [0.25, 0.3) is 5.91 Å². The zero-order valence-corrected chi connectivity index (χ0v) is 17.2. The van der Waals surface area contributed by atoms with Crippen LogP contribution in [-0.2, 0) is 9.59 Å². The van der Waals surface area contributed by atoms with E-state index in [-0.39, 0.29) is 18.4 Å². The van der Waals surface area contributed by atoms with Gasteiger partial charge in [-0.25, -0.2) is 9.78 Å². The molecule has 4 amide bonds. The van der Waals surface area contributed by atoms with E-state index >= 15 is 0 Å². The largest absolute Gasteiger partial charge is 0.325 e. The van der Waals surface area contributed by atoms with Gasteiger partial charge in [-0.2, -0.15) is 0 Å². The predicted molar refractivity (Wildman–Crippen MR) is 115 cm³/mol. The van der Waals surface area contributed by atoms with Crippen LogP contribution in [0.2, 0.25) is 0 Å². The number of nitrogens with one attached hydrogen (secondary N) is 2. The van der Waals surface area contributed by atoms with Gasteiger partial charge in [-0.15, -0.1) is 11.3 Å². The Labute approximate surface area is 177 Å². The third-order valence-corrected chi connectivity index (χ3v) is 6.55. The minimum atomic E-state index is -0.887. The summed E-state index contributed by atoms with van der Waals surface area (Å²) in [4.78, 5) is 42.8. The van der Waals surface area contributed by atoms with E-state index in [0.717, 1.165) is 39.8 Å². The number of carbonyl (C=O) groups is 3. The number of fused-ring (bicyclic) bond motifs is 1. The van der Waals surface area contributed by atoms with E-state index in [1.165, 1.54) is 11.3 Å². The quantitative estimate of drug-likeness (QED) is 0.617. The van der Waals surface area contributed by atoms with Crippen molar-refractivity contribution < 1.29 is 14.4 Å². The van der Waals surface area contributed by atoms with E-state index in [4.69, 9.17) is 0 Å². The Morgan fingerprint density at radius 3 is 2.77 bits per heavy atom. The van der Waals surface area contributed by atoms with Gasteiger partial charge in [-0.1, -0.05) is 36.4 Å². The van der Waals surface area contributed by atoms with Crippen LogP contribution in [0, 0.1) is 5.92 Å². The van der Waals surface area contributed by atoms with Crippen LogP contribution < -0.4 is 10.6 Å². The first-order valence-corrected chi connectivity index (χ1v) is 10.7. The van der Waals surface area contributed by atoms with Crippen molar-refractivity contribution in [1.29, 1.82) is 0 Å². The first kappa shape index (κ1) is 18.7. The minimum absolute atomic E-state index is 0.158. The highest BCUT2D eigenvalue weighted by molar-refractivity contribution is 7.14. The fraction of sp³-hybridized carbons (Fsp3) is 0.273. The van der Waals surface area contributed by atoms with E-state index in [2.05, 4.69) is 27.8 Å². The molecule has 0 radical (unpaired) electrons. The average Bonchev–Trinajstić information content (AvgIpc) is 3.46. The van der Waals surface area contributed by atoms with Crippen LogP contribution in [-0.4, -0.2) is 39.8 Å². The SMILES string of the molecule is CC1(C2CC2)NC(=O)N(CC(=O)Nc2nc(-c3ccc4ccccc4c3)cs2)C1=O. The number of rotatable bonds is 5. The topological polar surface area (TPSA) is 91.4 Å². The molecule has 0 spiro atoms. The lowest BCUT2D eigenvalue weighted by Gasteiger charge is -2.20. The molecule has 7 nitrogen and oxygen atoms in total. The molecule has 152 valence electrons. The van der Waals surface area contributed by atoms with Gasteiger partial charge < -0.3 is 10.6 Å². The molecule has 3 aromatic rings. The standard InChI is InChI=1S/C22H20N4O3S/c1-22(16-8-9-16)19(28)26(21(29)25-22)11-18(27)24-20-23-17(12-30-20)15-7-6-13-4-2-3-5-14(13)10-15/h2-7,10,12,16H,8-9,11H2,1H3,(H,25,29)(H,23,24,27). The van der Waals surface area contributed by atoms with Crippen molar-refractivity contribution >= 4 is 45.1 Å². The number of urea groups is 1. The third kappa shape index (κ3) is 3.23. The van der Waals surface area contributed by atoms with Gasteiger partial charge in [-0.05, 0) is 42.5 Å². The van der Waals surface area contributed by atoms with Crippen molar-refractivity contribution in [2.24, 2.45) is 5.92 Å². The summed E-state index contributed by atoms with van der Waals surface area (Å²) in [5.74, 6) is -0.621. The smallest absolute Gasteiger partial charge is 0.323 e. The molecule has 1 aliphatic heterocycles. The van der Waals surface area contributed by atoms with Crippen LogP contribution >= 0.6 is 11.3 Å². The Morgan fingerprint density at radius 2 is 2.00 bits per heavy atom. The molecule has 2 fully saturated rings. The molecule has 30 heavy (non-hydrogen) atoms. The Hall–Kier alpha value is -3.26. The van der Waals surface area contributed by atoms with Gasteiger partial charge in [0.05, 0.1) is 5.69 Å². The summed E-state index contributed by atoms with van der Waals surface area (Å²) in [6.07, 6.45) is 1.83. The predicted octanol–water partition coefficient (Wildman–Crippen LogP) is 3.62. The number of carbonyl (C=O) groups excluding carboxylic acids is 3. The molecule has 0 bridgehead atoms. The second-order valence-electron chi connectivity index (χ2n) is 7.95. The molecule has 1 saturated heterocycles. The van der Waals surface area contributed by atoms with Gasteiger partial charge in [0.2, 0.25) is 5.91 Å². The lowest BCUT2D eigenvalue weighted by Crippen LogP contribution is -2.46. The van der Waals surface area contributed by atoms with Crippen LogP contribution in [0.25, 0.3) is 22.0 Å². The molecule has 2 N–H and O–H groups in total. The van der Waals surface area contributed by atoms with Crippen LogP contribution in [0.5, 0.6) is 0 Å². The molecule has 1 aromatic heterocycles. The van der Waals surface area contributed by atoms with Crippen LogP contribution in [0.4, 0.5) is 9.93 Å². The molecule has 1 aliphatic carbocycles. The summed E-state index contributed by atoms with van der Waals surface area (Å²) < 4.78 is 0. The fourth-order valence-corrected chi connectivity index (χ4v) is 4.65. The lowest BCUT2D eigenvalue weighted by atomic mass is 9.96. The van der Waals surface area contributed by atoms with Crippen LogP contribution in [0.3, 0.4) is 0 Å². The summed E-state index contributed by atoms with van der Waals surface area (Å²) in [6.45, 7) is 1.41. The molecule has 1 atom stereocenters. The van der Waals surface area contributed by atoms with Gasteiger partial charge in [-0.3, -0.25) is 14.5 Å². The van der Waals surface area contributed by atoms with E-state index in [1.54, 1.807) is 6.92 Å². The second kappa shape index (κ2) is 6.91. The molecule has 2 aliphatic rings. The maximum Gasteiger partial charge on any atom is 0.325 e. The molecule has 1 saturated carbocycles. The van der Waals surface area contributed by atoms with E-state index in [1.807, 2.05) is 35.7 Å². The van der Waals surface area contributed by atoms with Crippen LogP contribution in [0.15, 0.2) is 47.8 Å². The van der Waals surface area contributed by atoms with Crippen molar-refractivity contribution in [1.82, 2.24) is 15.2 Å². The number of anilines is 1. The number of hydrogen-bond acceptors (Lipinski definition) is 5. The number of amides is 4. The number of imide groups is 1. The Bertz CT molecular complexity index is 1190. The first-order chi connectivity index (χ1) is 14.4. The number of hydrogen-bond donors (Lipinski definition) is 2. The molecule has 2 heterocycles. The molecule has 8 heteroatoms. The normalized spacial score (nSPS) is 21.2. The van der Waals surface area contributed by atoms with E-state index in [0.29, 0.717) is 5.13 Å². The Morgan fingerprint density at radius 1 is 1.23 bits per heavy atom. The maximum absolute atomic E-state index is 12.7. The zero-order chi connectivity index (χ0) is 20.9. The van der Waals surface area contributed by atoms with Crippen molar-refractivity contribution in [3.8, 4) is 11.3 Å². The number of thiazole rings is 1. The molecule has 5 rings (SSSR count). The van der Waals surface area contributed by atoms with Gasteiger partial charge in [0.1, 0.15) is 12.1 Å². The van der Waals surface area contributed by atoms with Crippen molar-refractivity contribution in [2.75, 3.05) is 11.9 Å². The first-order valence-electron chi connectivity index (χ1n) is 9.83. The van der Waals surface area contributed by atoms with E-state index < -0.39 is 17.5 Å². The summed E-state index contributed by atoms with van der Waals surface area (Å²) in [7, 11) is 0. The third-order valence-electron chi connectivity index (χ3n) is 5.79. The minimum Gasteiger partial charge on any atom is -0.323 e. The Kier molecular flexibility index (Phi) is 4.32.